The minimum atomic E-state index is -0.338. The minimum absolute atomic E-state index is 0.120. The van der Waals surface area contributed by atoms with Crippen molar-refractivity contribution in [3.8, 4) is 0 Å². The van der Waals surface area contributed by atoms with Crippen molar-refractivity contribution in [2.24, 2.45) is 0 Å². The summed E-state index contributed by atoms with van der Waals surface area (Å²) in [5, 5.41) is 2.08. The van der Waals surface area contributed by atoms with Crippen molar-refractivity contribution in [1.29, 1.82) is 0 Å². The molecule has 126 valence electrons. The molecule has 0 bridgehead atoms. The number of hydrogen-bond donors (Lipinski definition) is 1. The van der Waals surface area contributed by atoms with E-state index in [1.165, 1.54) is 22.7 Å². The summed E-state index contributed by atoms with van der Waals surface area (Å²) in [5.41, 5.74) is 2.34. The molecule has 1 atom stereocenters. The summed E-state index contributed by atoms with van der Waals surface area (Å²) in [4.78, 5) is 27.8. The molecule has 5 nitrogen and oxygen atoms in total. The molecule has 1 aliphatic rings. The van der Waals surface area contributed by atoms with Gasteiger partial charge in [0.15, 0.2) is 0 Å². The SMILES string of the molecule is Nn1cc(C(=O)N2CCc3sccc3C2c2ccccc2)ccc1=O. The van der Waals surface area contributed by atoms with Gasteiger partial charge >= 0.3 is 0 Å². The quantitative estimate of drug-likeness (QED) is 0.721. The van der Waals surface area contributed by atoms with E-state index in [4.69, 9.17) is 5.84 Å². The fraction of sp³-hybridized carbons (Fsp3) is 0.158. The van der Waals surface area contributed by atoms with E-state index in [1.54, 1.807) is 17.4 Å². The number of aromatic nitrogens is 1. The number of nitrogen functional groups attached to an aromatic ring is 1. The van der Waals surface area contributed by atoms with Crippen LogP contribution in [0.1, 0.15) is 32.4 Å². The Labute approximate surface area is 148 Å². The highest BCUT2D eigenvalue weighted by Crippen LogP contribution is 2.38. The fourth-order valence-corrected chi connectivity index (χ4v) is 4.23. The van der Waals surface area contributed by atoms with E-state index >= 15 is 0 Å². The van der Waals surface area contributed by atoms with Crippen LogP contribution in [0.5, 0.6) is 0 Å². The van der Waals surface area contributed by atoms with Crippen molar-refractivity contribution in [2.75, 3.05) is 12.4 Å². The van der Waals surface area contributed by atoms with Gasteiger partial charge in [-0.05, 0) is 35.1 Å². The van der Waals surface area contributed by atoms with Crippen LogP contribution in [0, 0.1) is 0 Å². The lowest BCUT2D eigenvalue weighted by atomic mass is 9.93. The van der Waals surface area contributed by atoms with E-state index in [1.807, 2.05) is 35.2 Å². The molecule has 1 amide bonds. The average molecular weight is 351 g/mol. The van der Waals surface area contributed by atoms with E-state index in [9.17, 15) is 9.59 Å². The Kier molecular flexibility index (Phi) is 3.89. The first-order valence-corrected chi connectivity index (χ1v) is 8.93. The lowest BCUT2D eigenvalue weighted by Crippen LogP contribution is -2.40. The predicted molar refractivity (Wildman–Crippen MR) is 98.2 cm³/mol. The van der Waals surface area contributed by atoms with Gasteiger partial charge in [0, 0.05) is 23.7 Å². The lowest BCUT2D eigenvalue weighted by Gasteiger charge is -2.36. The van der Waals surface area contributed by atoms with Gasteiger partial charge in [-0.15, -0.1) is 11.3 Å². The number of nitrogens with zero attached hydrogens (tertiary/aromatic N) is 2. The monoisotopic (exact) mass is 351 g/mol. The number of amides is 1. The Balaban J connectivity index is 1.78. The van der Waals surface area contributed by atoms with Crippen LogP contribution in [-0.4, -0.2) is 22.0 Å². The molecule has 0 fully saturated rings. The van der Waals surface area contributed by atoms with Crippen molar-refractivity contribution in [3.63, 3.8) is 0 Å². The normalized spacial score (nSPS) is 16.5. The first kappa shape index (κ1) is 15.7. The van der Waals surface area contributed by atoms with E-state index in [0.717, 1.165) is 16.7 Å². The van der Waals surface area contributed by atoms with Crippen LogP contribution >= 0.6 is 11.3 Å². The molecule has 25 heavy (non-hydrogen) atoms. The van der Waals surface area contributed by atoms with E-state index in [2.05, 4.69) is 11.4 Å². The number of carbonyl (C=O) groups is 1. The third kappa shape index (κ3) is 2.74. The Morgan fingerprint density at radius 2 is 1.92 bits per heavy atom. The number of benzene rings is 1. The number of thiophene rings is 1. The van der Waals surface area contributed by atoms with Gasteiger partial charge in [0.05, 0.1) is 11.6 Å². The van der Waals surface area contributed by atoms with Gasteiger partial charge in [0.1, 0.15) is 0 Å². The number of nitrogens with two attached hydrogens (primary N) is 1. The average Bonchev–Trinajstić information content (AvgIpc) is 3.12. The molecule has 0 aliphatic carbocycles. The highest BCUT2D eigenvalue weighted by molar-refractivity contribution is 7.10. The second-order valence-electron chi connectivity index (χ2n) is 6.02. The lowest BCUT2D eigenvalue weighted by molar-refractivity contribution is 0.0695. The van der Waals surface area contributed by atoms with Gasteiger partial charge in [-0.25, -0.2) is 4.68 Å². The molecule has 6 heteroatoms. The first-order chi connectivity index (χ1) is 12.1. The molecule has 0 saturated carbocycles. The second kappa shape index (κ2) is 6.22. The molecule has 1 aromatic carbocycles. The van der Waals surface area contributed by atoms with Crippen LogP contribution < -0.4 is 11.4 Å². The predicted octanol–water partition coefficient (Wildman–Crippen LogP) is 2.41. The molecule has 1 aliphatic heterocycles. The van der Waals surface area contributed by atoms with Crippen molar-refractivity contribution >= 4 is 17.2 Å². The number of rotatable bonds is 2. The molecule has 1 unspecified atom stereocenters. The Bertz CT molecular complexity index is 978. The fourth-order valence-electron chi connectivity index (χ4n) is 3.33. The zero-order chi connectivity index (χ0) is 17.4. The maximum absolute atomic E-state index is 13.1. The maximum Gasteiger partial charge on any atom is 0.268 e. The van der Waals surface area contributed by atoms with Gasteiger partial charge in [0.25, 0.3) is 11.5 Å². The summed E-state index contributed by atoms with van der Waals surface area (Å²) in [5.74, 6) is 5.51. The van der Waals surface area contributed by atoms with Crippen molar-refractivity contribution in [1.82, 2.24) is 9.58 Å². The molecule has 0 spiro atoms. The highest BCUT2D eigenvalue weighted by Gasteiger charge is 2.33. The molecule has 0 radical (unpaired) electrons. The van der Waals surface area contributed by atoms with Gasteiger partial charge in [0.2, 0.25) is 0 Å². The Morgan fingerprint density at radius 3 is 2.68 bits per heavy atom. The van der Waals surface area contributed by atoms with Crippen LogP contribution in [0.2, 0.25) is 0 Å². The molecule has 3 aromatic rings. The maximum atomic E-state index is 13.1. The largest absolute Gasteiger partial charge is 0.336 e. The molecule has 2 N–H and O–H groups in total. The standard InChI is InChI=1S/C19H17N3O2S/c20-22-12-14(6-7-17(22)23)19(24)21-10-8-16-15(9-11-25-16)18(21)13-4-2-1-3-5-13/h1-7,9,11-12,18H,8,10,20H2. The highest BCUT2D eigenvalue weighted by atomic mass is 32.1. The van der Waals surface area contributed by atoms with Crippen molar-refractivity contribution < 1.29 is 4.79 Å². The number of carbonyl (C=O) groups excluding carboxylic acids is 1. The molecule has 3 heterocycles. The van der Waals surface area contributed by atoms with E-state index < -0.39 is 0 Å². The number of fused-ring (bicyclic) bond motifs is 1. The van der Waals surface area contributed by atoms with Gasteiger partial charge in [-0.2, -0.15) is 0 Å². The Hall–Kier alpha value is -2.86. The topological polar surface area (TPSA) is 68.3 Å². The van der Waals surface area contributed by atoms with E-state index in [0.29, 0.717) is 12.1 Å². The zero-order valence-corrected chi connectivity index (χ0v) is 14.3. The second-order valence-corrected chi connectivity index (χ2v) is 7.02. The number of pyridine rings is 1. The van der Waals surface area contributed by atoms with Crippen LogP contribution in [0.25, 0.3) is 0 Å². The summed E-state index contributed by atoms with van der Waals surface area (Å²) < 4.78 is 0.949. The van der Waals surface area contributed by atoms with Gasteiger partial charge in [-0.3, -0.25) is 9.59 Å². The smallest absolute Gasteiger partial charge is 0.268 e. The Morgan fingerprint density at radius 1 is 1.12 bits per heavy atom. The van der Waals surface area contributed by atoms with Gasteiger partial charge < -0.3 is 10.7 Å². The summed E-state index contributed by atoms with van der Waals surface area (Å²) >= 11 is 1.73. The molecule has 4 rings (SSSR count). The zero-order valence-electron chi connectivity index (χ0n) is 13.5. The van der Waals surface area contributed by atoms with E-state index in [-0.39, 0.29) is 17.5 Å². The van der Waals surface area contributed by atoms with Crippen LogP contribution in [-0.2, 0) is 6.42 Å². The number of hydrogen-bond acceptors (Lipinski definition) is 4. The molecular formula is C19H17N3O2S. The van der Waals surface area contributed by atoms with Crippen LogP contribution in [0.15, 0.2) is 64.9 Å². The van der Waals surface area contributed by atoms with Crippen LogP contribution in [0.3, 0.4) is 0 Å². The minimum Gasteiger partial charge on any atom is -0.336 e. The first-order valence-electron chi connectivity index (χ1n) is 8.05. The summed E-state index contributed by atoms with van der Waals surface area (Å²) in [6, 6.07) is 14.9. The van der Waals surface area contributed by atoms with Crippen molar-refractivity contribution in [2.45, 2.75) is 12.5 Å². The third-order valence-electron chi connectivity index (χ3n) is 4.53. The van der Waals surface area contributed by atoms with Crippen molar-refractivity contribution in [3.05, 3.63) is 92.0 Å². The molecule has 0 saturated heterocycles. The van der Waals surface area contributed by atoms with Gasteiger partial charge in [-0.1, -0.05) is 30.3 Å². The molecule has 2 aromatic heterocycles. The molecular weight excluding hydrogens is 334 g/mol. The summed E-state index contributed by atoms with van der Waals surface area (Å²) in [7, 11) is 0. The summed E-state index contributed by atoms with van der Waals surface area (Å²) in [6.07, 6.45) is 2.24. The van der Waals surface area contributed by atoms with Crippen LogP contribution in [0.4, 0.5) is 0 Å². The summed E-state index contributed by atoms with van der Waals surface area (Å²) in [6.45, 7) is 0.635. The third-order valence-corrected chi connectivity index (χ3v) is 5.52.